The first kappa shape index (κ1) is 43.1. The quantitative estimate of drug-likeness (QED) is 0.0929. The molecule has 1 aliphatic heterocycles. The summed E-state index contributed by atoms with van der Waals surface area (Å²) in [5, 5.41) is 21.0. The lowest BCUT2D eigenvalue weighted by Gasteiger charge is -2.63. The minimum absolute atomic E-state index is 0. The van der Waals surface area contributed by atoms with Crippen molar-refractivity contribution in [3.63, 3.8) is 0 Å². The number of unbranched alkanes of at least 4 members (excludes halogenated alkanes) is 1. The minimum Gasteiger partial charge on any atom is -0.465 e. The molecule has 5 aliphatic rings. The highest BCUT2D eigenvalue weighted by atomic mass is 35.5. The highest BCUT2D eigenvalue weighted by molar-refractivity contribution is 6.01. The number of nitrogens with two attached hydrogens (primary N) is 1. The number of ketones is 2. The van der Waals surface area contributed by atoms with Crippen LogP contribution < -0.4 is 10.5 Å². The molecule has 0 spiro atoms. The molecule has 1 saturated heterocycles. The second-order valence-electron chi connectivity index (χ2n) is 15.9. The monoisotopic (exact) mass is 812 g/mol. The van der Waals surface area contributed by atoms with E-state index in [1.54, 1.807) is 32.9 Å². The first-order chi connectivity index (χ1) is 25.8. The van der Waals surface area contributed by atoms with Gasteiger partial charge in [-0.15, -0.1) is 22.5 Å². The Hall–Kier alpha value is -4.03. The summed E-state index contributed by atoms with van der Waals surface area (Å²) in [5.74, 6) is -4.79. The van der Waals surface area contributed by atoms with Crippen LogP contribution in [0, 0.1) is 32.8 Å². The normalized spacial score (nSPS) is 35.3. The topological polar surface area (TPSA) is 213 Å². The van der Waals surface area contributed by atoms with Crippen molar-refractivity contribution in [2.45, 2.75) is 108 Å². The van der Waals surface area contributed by atoms with E-state index in [2.05, 4.69) is 4.84 Å². The Bertz CT molecular complexity index is 1790. The highest BCUT2D eigenvalue weighted by Gasteiger charge is 2.80. The average molecular weight is 813 g/mol. The maximum Gasteiger partial charge on any atom is 0.514 e. The third-order valence-electron chi connectivity index (χ3n) is 12.2. The van der Waals surface area contributed by atoms with Gasteiger partial charge < -0.3 is 39.4 Å². The molecule has 3 saturated carbocycles. The maximum atomic E-state index is 17.7. The predicted molar refractivity (Wildman–Crippen MR) is 192 cm³/mol. The van der Waals surface area contributed by atoms with E-state index in [4.69, 9.17) is 29.4 Å². The third-order valence-corrected chi connectivity index (χ3v) is 12.2. The van der Waals surface area contributed by atoms with E-state index in [9.17, 15) is 34.4 Å². The minimum atomic E-state index is -2.37. The number of nitrogens with zero attached hydrogens (tertiary/aromatic N) is 1. The van der Waals surface area contributed by atoms with Crippen LogP contribution in [0.1, 0.15) is 65.4 Å². The molecule has 0 radical (unpaired) electrons. The van der Waals surface area contributed by atoms with Crippen molar-refractivity contribution in [2.75, 3.05) is 19.8 Å². The second-order valence-corrected chi connectivity index (χ2v) is 15.9. The molecule has 4 aliphatic carbocycles. The number of aliphatic hydroxyl groups excluding tert-OH is 1. The summed E-state index contributed by atoms with van der Waals surface area (Å²) < 4.78 is 61.8. The summed E-state index contributed by atoms with van der Waals surface area (Å²) in [4.78, 5) is 65.9. The average Bonchev–Trinajstić information content (AvgIpc) is 3.53. The fourth-order valence-electron chi connectivity index (χ4n) is 9.81. The van der Waals surface area contributed by atoms with E-state index in [0.29, 0.717) is 18.4 Å². The Morgan fingerprint density at radius 3 is 2.43 bits per heavy atom. The van der Waals surface area contributed by atoms with Gasteiger partial charge in [-0.1, -0.05) is 25.1 Å². The molecule has 10 atom stereocenters. The number of aliphatic hydroxyl groups is 1. The van der Waals surface area contributed by atoms with E-state index in [1.807, 2.05) is 0 Å². The van der Waals surface area contributed by atoms with Crippen LogP contribution in [0.3, 0.4) is 0 Å². The number of rotatable bonds is 13. The van der Waals surface area contributed by atoms with Gasteiger partial charge in [0.15, 0.2) is 29.4 Å². The van der Waals surface area contributed by atoms with E-state index in [0.717, 1.165) is 6.08 Å². The zero-order valence-electron chi connectivity index (χ0n) is 31.4. The number of halogens is 3. The Labute approximate surface area is 327 Å². The number of alkyl halides is 2. The Morgan fingerprint density at radius 1 is 1.07 bits per heavy atom. The van der Waals surface area contributed by atoms with Crippen molar-refractivity contribution in [2.24, 2.45) is 28.4 Å². The summed E-state index contributed by atoms with van der Waals surface area (Å²) >= 11 is 0. The lowest BCUT2D eigenvalue weighted by molar-refractivity contribution is -0.757. The number of allylic oxidation sites excluding steroid dienone is 4. The number of hydrogen-bond acceptors (Lipinski definition) is 14. The molecule has 0 bridgehead atoms. The molecule has 0 aromatic heterocycles. The van der Waals surface area contributed by atoms with E-state index >= 15 is 8.78 Å². The summed E-state index contributed by atoms with van der Waals surface area (Å²) in [6.07, 6.45) is -1.54. The Morgan fingerprint density at radius 2 is 1.75 bits per heavy atom. The standard InChI is InChI=1S/C38H46F2N2O13.ClH/c1-34(2)54-31-18-24-25-17-27(39)26-16-22(43)11-12-35(26,3)37(25,40)29(44)19-36(24,4)38(31,55-34)30(45)20-51-33(47)53-23-9-7-21(8-10-23)15-28(41)32(46)50-13-5-6-14-52-42(48)49;/h7-12,16,24-25,27-29,31,44H,5-6,13-15,17-20,41H2,1-4H3;1H/t24?,25?,27-,28-,29-,31+,35-,36-,37-,38+;/m0./s1. The third kappa shape index (κ3) is 7.32. The predicted octanol–water partition coefficient (Wildman–Crippen LogP) is 4.41. The van der Waals surface area contributed by atoms with Gasteiger partial charge in [0, 0.05) is 16.7 Å². The van der Waals surface area contributed by atoms with Gasteiger partial charge in [0.2, 0.25) is 5.78 Å². The zero-order valence-corrected chi connectivity index (χ0v) is 32.2. The molecule has 1 aromatic rings. The van der Waals surface area contributed by atoms with Crippen molar-refractivity contribution >= 4 is 36.1 Å². The van der Waals surface area contributed by atoms with Gasteiger partial charge in [0.05, 0.1) is 25.4 Å². The number of carbonyl (C=O) groups excluding carboxylic acids is 4. The van der Waals surface area contributed by atoms with Crippen molar-refractivity contribution in [3.05, 3.63) is 63.7 Å². The Kier molecular flexibility index (Phi) is 12.1. The van der Waals surface area contributed by atoms with Crippen LogP contribution >= 0.6 is 12.4 Å². The number of carbonyl (C=O) groups is 4. The van der Waals surface area contributed by atoms with Crippen LogP contribution in [0.5, 0.6) is 5.75 Å². The molecule has 6 rings (SSSR count). The SMILES string of the molecule is CC1(C)O[C@@H]2CC3C4C[C@H](F)C5=CC(=O)C=C[C@]5(C)[C@@]4(F)[C@@H](O)C[C@]3(C)[C@]2(C(=O)COC(=O)Oc2ccc(C[C@H](N)C(=O)OCCCCO[N+](=O)[O-])cc2)O1.Cl. The molecule has 1 heterocycles. The molecule has 0 amide bonds. The molecule has 3 N–H and O–H groups in total. The van der Waals surface area contributed by atoms with Crippen LogP contribution in [0.25, 0.3) is 0 Å². The zero-order chi connectivity index (χ0) is 40.1. The molecular weight excluding hydrogens is 766 g/mol. The van der Waals surface area contributed by atoms with E-state index < -0.39 is 99.5 Å². The molecular formula is C38H47ClF2N2O13. The summed E-state index contributed by atoms with van der Waals surface area (Å²) in [6, 6.07) is 5.01. The second kappa shape index (κ2) is 15.7. The summed E-state index contributed by atoms with van der Waals surface area (Å²) in [5.41, 5.74) is -0.497. The van der Waals surface area contributed by atoms with Crippen LogP contribution in [-0.2, 0) is 44.6 Å². The van der Waals surface area contributed by atoms with Crippen LogP contribution in [0.4, 0.5) is 13.6 Å². The highest BCUT2D eigenvalue weighted by Crippen LogP contribution is 2.72. The first-order valence-corrected chi connectivity index (χ1v) is 18.3. The van der Waals surface area contributed by atoms with Gasteiger partial charge in [-0.25, -0.2) is 13.6 Å². The van der Waals surface area contributed by atoms with Gasteiger partial charge in [0.1, 0.15) is 18.0 Å². The van der Waals surface area contributed by atoms with Crippen LogP contribution in [-0.4, -0.2) is 95.2 Å². The van der Waals surface area contributed by atoms with Crippen molar-refractivity contribution < 1.29 is 66.7 Å². The smallest absolute Gasteiger partial charge is 0.465 e. The largest absolute Gasteiger partial charge is 0.514 e. The molecule has 18 heteroatoms. The molecule has 4 fully saturated rings. The number of benzene rings is 1. The van der Waals surface area contributed by atoms with Crippen molar-refractivity contribution in [1.29, 1.82) is 0 Å². The van der Waals surface area contributed by atoms with Gasteiger partial charge >= 0.3 is 12.1 Å². The fourth-order valence-corrected chi connectivity index (χ4v) is 9.81. The van der Waals surface area contributed by atoms with E-state index in [1.165, 1.54) is 31.2 Å². The van der Waals surface area contributed by atoms with Crippen LogP contribution in [0.2, 0.25) is 0 Å². The number of Topliss-reactive ketones (excluding diaryl/α,β-unsaturated/α-hetero) is 1. The molecule has 2 unspecified atom stereocenters. The molecule has 308 valence electrons. The number of fused-ring (bicyclic) bond motifs is 7. The van der Waals surface area contributed by atoms with Gasteiger partial charge in [0.25, 0.3) is 5.09 Å². The summed E-state index contributed by atoms with van der Waals surface area (Å²) in [6.45, 7) is 5.53. The number of hydrogen-bond donors (Lipinski definition) is 2. The van der Waals surface area contributed by atoms with Gasteiger partial charge in [-0.2, -0.15) is 0 Å². The molecule has 15 nitrogen and oxygen atoms in total. The van der Waals surface area contributed by atoms with Gasteiger partial charge in [-0.3, -0.25) is 14.4 Å². The lowest BCUT2D eigenvalue weighted by atomic mass is 9.44. The van der Waals surface area contributed by atoms with Crippen LogP contribution in [0.15, 0.2) is 48.1 Å². The molecule has 56 heavy (non-hydrogen) atoms. The maximum absolute atomic E-state index is 17.7. The molecule has 1 aromatic carbocycles. The number of ether oxygens (including phenoxy) is 5. The fraction of sp³-hybridized carbons (Fsp3) is 0.632. The number of esters is 1. The lowest BCUT2D eigenvalue weighted by Crippen LogP contribution is -2.71. The summed E-state index contributed by atoms with van der Waals surface area (Å²) in [7, 11) is 0. The van der Waals surface area contributed by atoms with Gasteiger partial charge in [-0.05, 0) is 101 Å². The first-order valence-electron chi connectivity index (χ1n) is 18.3. The Balaban J connectivity index is 0.00000600. The van der Waals surface area contributed by atoms with Crippen molar-refractivity contribution in [1.82, 2.24) is 0 Å². The van der Waals surface area contributed by atoms with E-state index in [-0.39, 0.29) is 62.6 Å². The van der Waals surface area contributed by atoms with Crippen molar-refractivity contribution in [3.8, 4) is 5.75 Å².